The number of carbonyl (C=O) groups excluding carboxylic acids is 1. The SMILES string of the molecule is CN(CC1CCCCO1)C(=O)COc1ccccc1O. The zero-order valence-electron chi connectivity index (χ0n) is 11.7. The van der Waals surface area contributed by atoms with Crippen molar-refractivity contribution in [2.45, 2.75) is 25.4 Å². The molecule has 0 radical (unpaired) electrons. The van der Waals surface area contributed by atoms with E-state index in [1.807, 2.05) is 0 Å². The molecule has 1 atom stereocenters. The minimum absolute atomic E-state index is 0.0403. The quantitative estimate of drug-likeness (QED) is 0.893. The Kier molecular flexibility index (Phi) is 5.24. The third-order valence-corrected chi connectivity index (χ3v) is 3.39. The minimum Gasteiger partial charge on any atom is -0.504 e. The highest BCUT2D eigenvalue weighted by Gasteiger charge is 2.19. The predicted molar refractivity (Wildman–Crippen MR) is 74.8 cm³/mol. The van der Waals surface area contributed by atoms with Crippen LogP contribution in [0, 0.1) is 0 Å². The lowest BCUT2D eigenvalue weighted by molar-refractivity contribution is -0.134. The van der Waals surface area contributed by atoms with E-state index in [1.54, 1.807) is 30.1 Å². The number of amides is 1. The van der Waals surface area contributed by atoms with E-state index >= 15 is 0 Å². The van der Waals surface area contributed by atoms with Gasteiger partial charge in [0, 0.05) is 20.2 Å². The molecule has 0 bridgehead atoms. The highest BCUT2D eigenvalue weighted by molar-refractivity contribution is 5.77. The normalized spacial score (nSPS) is 18.6. The van der Waals surface area contributed by atoms with E-state index in [-0.39, 0.29) is 24.4 Å². The first kappa shape index (κ1) is 14.7. The minimum atomic E-state index is -0.123. The largest absolute Gasteiger partial charge is 0.504 e. The monoisotopic (exact) mass is 279 g/mol. The molecule has 1 fully saturated rings. The van der Waals surface area contributed by atoms with Crippen LogP contribution in [-0.4, -0.2) is 48.8 Å². The third-order valence-electron chi connectivity index (χ3n) is 3.39. The van der Waals surface area contributed by atoms with Crippen LogP contribution >= 0.6 is 0 Å². The highest BCUT2D eigenvalue weighted by atomic mass is 16.5. The van der Waals surface area contributed by atoms with E-state index < -0.39 is 0 Å². The van der Waals surface area contributed by atoms with Crippen molar-refractivity contribution in [2.75, 3.05) is 26.8 Å². The van der Waals surface area contributed by atoms with Crippen LogP contribution in [-0.2, 0) is 9.53 Å². The molecule has 1 aliphatic heterocycles. The average Bonchev–Trinajstić information content (AvgIpc) is 2.47. The van der Waals surface area contributed by atoms with Crippen LogP contribution in [0.5, 0.6) is 11.5 Å². The van der Waals surface area contributed by atoms with E-state index in [0.29, 0.717) is 12.3 Å². The maximum Gasteiger partial charge on any atom is 0.260 e. The number of ether oxygens (including phenoxy) is 2. The Hall–Kier alpha value is -1.75. The molecular weight excluding hydrogens is 258 g/mol. The number of aromatic hydroxyl groups is 1. The second kappa shape index (κ2) is 7.14. The predicted octanol–water partition coefficient (Wildman–Crippen LogP) is 1.80. The summed E-state index contributed by atoms with van der Waals surface area (Å²) in [6.45, 7) is 1.28. The zero-order chi connectivity index (χ0) is 14.4. The Balaban J connectivity index is 1.77. The number of benzene rings is 1. The Labute approximate surface area is 119 Å². The summed E-state index contributed by atoms with van der Waals surface area (Å²) < 4.78 is 10.9. The van der Waals surface area contributed by atoms with E-state index in [9.17, 15) is 9.90 Å². The van der Waals surface area contributed by atoms with Gasteiger partial charge in [-0.1, -0.05) is 12.1 Å². The molecule has 1 amide bonds. The van der Waals surface area contributed by atoms with Crippen molar-refractivity contribution in [2.24, 2.45) is 0 Å². The molecule has 1 aromatic carbocycles. The number of likely N-dealkylation sites (N-methyl/N-ethyl adjacent to an activating group) is 1. The first-order valence-electron chi connectivity index (χ1n) is 6.93. The first-order chi connectivity index (χ1) is 9.66. The van der Waals surface area contributed by atoms with Gasteiger partial charge < -0.3 is 19.5 Å². The highest BCUT2D eigenvalue weighted by Crippen LogP contribution is 2.24. The van der Waals surface area contributed by atoms with Crippen LogP contribution in [0.3, 0.4) is 0 Å². The zero-order valence-corrected chi connectivity index (χ0v) is 11.7. The van der Waals surface area contributed by atoms with Gasteiger partial charge in [-0.2, -0.15) is 0 Å². The van der Waals surface area contributed by atoms with Gasteiger partial charge in [0.1, 0.15) is 0 Å². The molecule has 1 N–H and O–H groups in total. The van der Waals surface area contributed by atoms with Gasteiger partial charge in [0.25, 0.3) is 5.91 Å². The molecule has 0 spiro atoms. The lowest BCUT2D eigenvalue weighted by atomic mass is 10.1. The smallest absolute Gasteiger partial charge is 0.260 e. The molecule has 20 heavy (non-hydrogen) atoms. The second-order valence-corrected chi connectivity index (χ2v) is 5.02. The van der Waals surface area contributed by atoms with E-state index in [1.165, 1.54) is 6.07 Å². The summed E-state index contributed by atoms with van der Waals surface area (Å²) in [4.78, 5) is 13.6. The maximum absolute atomic E-state index is 12.0. The van der Waals surface area contributed by atoms with Crippen molar-refractivity contribution in [1.29, 1.82) is 0 Å². The van der Waals surface area contributed by atoms with Crippen molar-refractivity contribution >= 4 is 5.91 Å². The Morgan fingerprint density at radius 1 is 1.45 bits per heavy atom. The molecule has 5 heteroatoms. The molecule has 0 aromatic heterocycles. The summed E-state index contributed by atoms with van der Waals surface area (Å²) >= 11 is 0. The molecule has 0 saturated carbocycles. The molecule has 1 aliphatic rings. The fraction of sp³-hybridized carbons (Fsp3) is 0.533. The number of para-hydroxylation sites is 2. The van der Waals surface area contributed by atoms with Gasteiger partial charge in [-0.25, -0.2) is 0 Å². The van der Waals surface area contributed by atoms with Crippen molar-refractivity contribution in [1.82, 2.24) is 4.90 Å². The molecule has 1 saturated heterocycles. The van der Waals surface area contributed by atoms with Crippen molar-refractivity contribution in [3.05, 3.63) is 24.3 Å². The number of hydrogen-bond donors (Lipinski definition) is 1. The number of phenolic OH excluding ortho intramolecular Hbond substituents is 1. The summed E-state index contributed by atoms with van der Waals surface area (Å²) in [5.74, 6) is 0.240. The summed E-state index contributed by atoms with van der Waals surface area (Å²) in [7, 11) is 1.74. The van der Waals surface area contributed by atoms with Gasteiger partial charge in [-0.3, -0.25) is 4.79 Å². The average molecular weight is 279 g/mol. The van der Waals surface area contributed by atoms with Gasteiger partial charge in [0.2, 0.25) is 0 Å². The van der Waals surface area contributed by atoms with Gasteiger partial charge in [0.15, 0.2) is 18.1 Å². The molecule has 1 heterocycles. The fourth-order valence-electron chi connectivity index (χ4n) is 2.19. The van der Waals surface area contributed by atoms with Crippen molar-refractivity contribution < 1.29 is 19.4 Å². The van der Waals surface area contributed by atoms with Crippen LogP contribution in [0.4, 0.5) is 0 Å². The lowest BCUT2D eigenvalue weighted by Gasteiger charge is -2.27. The van der Waals surface area contributed by atoms with Gasteiger partial charge >= 0.3 is 0 Å². The third kappa shape index (κ3) is 4.13. The van der Waals surface area contributed by atoms with E-state index in [2.05, 4.69) is 0 Å². The van der Waals surface area contributed by atoms with Gasteiger partial charge in [-0.05, 0) is 31.4 Å². The van der Waals surface area contributed by atoms with Crippen molar-refractivity contribution in [3.8, 4) is 11.5 Å². The summed E-state index contributed by atoms with van der Waals surface area (Å²) in [6.07, 6.45) is 3.38. The summed E-state index contributed by atoms with van der Waals surface area (Å²) in [5.41, 5.74) is 0. The topological polar surface area (TPSA) is 59.0 Å². The number of nitrogens with zero attached hydrogens (tertiary/aromatic N) is 1. The fourth-order valence-corrected chi connectivity index (χ4v) is 2.19. The number of hydrogen-bond acceptors (Lipinski definition) is 4. The van der Waals surface area contributed by atoms with E-state index in [0.717, 1.165) is 25.9 Å². The van der Waals surface area contributed by atoms with Gasteiger partial charge in [-0.15, -0.1) is 0 Å². The maximum atomic E-state index is 12.0. The molecule has 5 nitrogen and oxygen atoms in total. The number of phenols is 1. The lowest BCUT2D eigenvalue weighted by Crippen LogP contribution is -2.39. The van der Waals surface area contributed by atoms with Crippen LogP contribution < -0.4 is 4.74 Å². The summed E-state index contributed by atoms with van der Waals surface area (Å²) in [5, 5.41) is 9.55. The molecule has 1 aromatic rings. The summed E-state index contributed by atoms with van der Waals surface area (Å²) in [6, 6.07) is 6.61. The second-order valence-electron chi connectivity index (χ2n) is 5.02. The standard InChI is InChI=1S/C15H21NO4/c1-16(10-12-6-4-5-9-19-12)15(18)11-20-14-8-3-2-7-13(14)17/h2-3,7-8,12,17H,4-6,9-11H2,1H3. The van der Waals surface area contributed by atoms with Crippen LogP contribution in [0.25, 0.3) is 0 Å². The number of rotatable bonds is 5. The Morgan fingerprint density at radius 2 is 2.25 bits per heavy atom. The van der Waals surface area contributed by atoms with Crippen LogP contribution in [0.2, 0.25) is 0 Å². The molecule has 110 valence electrons. The Morgan fingerprint density at radius 3 is 2.95 bits per heavy atom. The Bertz CT molecular complexity index is 443. The molecular formula is C15H21NO4. The van der Waals surface area contributed by atoms with E-state index in [4.69, 9.17) is 9.47 Å². The van der Waals surface area contributed by atoms with Crippen molar-refractivity contribution in [3.63, 3.8) is 0 Å². The van der Waals surface area contributed by atoms with Gasteiger partial charge in [0.05, 0.1) is 6.10 Å². The molecule has 0 aliphatic carbocycles. The first-order valence-corrected chi connectivity index (χ1v) is 6.93. The van der Waals surface area contributed by atoms with Crippen LogP contribution in [0.15, 0.2) is 24.3 Å². The molecule has 1 unspecified atom stereocenters. The number of carbonyl (C=O) groups is 1. The molecule has 2 rings (SSSR count). The van der Waals surface area contributed by atoms with Crippen LogP contribution in [0.1, 0.15) is 19.3 Å².